The van der Waals surface area contributed by atoms with Crippen LogP contribution >= 0.6 is 0 Å². The van der Waals surface area contributed by atoms with E-state index in [4.69, 9.17) is 0 Å². The lowest BCUT2D eigenvalue weighted by Crippen LogP contribution is -2.43. The topological polar surface area (TPSA) is 58.3 Å². The van der Waals surface area contributed by atoms with E-state index in [0.29, 0.717) is 19.3 Å². The van der Waals surface area contributed by atoms with Crippen molar-refractivity contribution in [3.63, 3.8) is 0 Å². The minimum atomic E-state index is -0.914. The van der Waals surface area contributed by atoms with E-state index in [1.807, 2.05) is 17.8 Å². The second-order valence-corrected chi connectivity index (χ2v) is 5.19. The number of aliphatic hydroxyl groups excluding tert-OH is 1. The smallest absolute Gasteiger partial charge is 0.111 e. The molecule has 1 heterocycles. The Hall–Kier alpha value is -0.870. The molecule has 0 aromatic carbocycles. The Labute approximate surface area is 102 Å². The standard InChI is InChI=1S/C13H22N2O2/c1-15-9-8-14-12(15)10-11(16)13(17)6-4-2-3-5-7-13/h8-9,11,16-17H,2-7,10H2,1H3. The lowest BCUT2D eigenvalue weighted by Gasteiger charge is -2.31. The third-order valence-corrected chi connectivity index (χ3v) is 3.89. The maximum absolute atomic E-state index is 10.5. The van der Waals surface area contributed by atoms with Gasteiger partial charge >= 0.3 is 0 Å². The predicted molar refractivity (Wildman–Crippen MR) is 65.6 cm³/mol. The highest BCUT2D eigenvalue weighted by Gasteiger charge is 2.36. The number of rotatable bonds is 3. The summed E-state index contributed by atoms with van der Waals surface area (Å²) in [6.07, 6.45) is 9.06. The highest BCUT2D eigenvalue weighted by atomic mass is 16.3. The van der Waals surface area contributed by atoms with Gasteiger partial charge in [-0.05, 0) is 12.8 Å². The quantitative estimate of drug-likeness (QED) is 0.783. The van der Waals surface area contributed by atoms with Crippen molar-refractivity contribution in [1.82, 2.24) is 9.55 Å². The highest BCUT2D eigenvalue weighted by molar-refractivity contribution is 4.98. The molecule has 4 heteroatoms. The number of aromatic nitrogens is 2. The summed E-state index contributed by atoms with van der Waals surface area (Å²) in [5.74, 6) is 0.829. The molecule has 1 fully saturated rings. The fourth-order valence-electron chi connectivity index (χ4n) is 2.63. The number of aliphatic hydroxyl groups is 2. The van der Waals surface area contributed by atoms with Crippen molar-refractivity contribution >= 4 is 0 Å². The number of aryl methyl sites for hydroxylation is 1. The van der Waals surface area contributed by atoms with E-state index in [-0.39, 0.29) is 0 Å². The second kappa shape index (κ2) is 5.19. The molecule has 0 aliphatic heterocycles. The SMILES string of the molecule is Cn1ccnc1CC(O)C1(O)CCCCCC1. The van der Waals surface area contributed by atoms with Gasteiger partial charge in [-0.2, -0.15) is 0 Å². The molecule has 0 bridgehead atoms. The van der Waals surface area contributed by atoms with Crippen LogP contribution in [0.5, 0.6) is 0 Å². The number of nitrogens with zero attached hydrogens (tertiary/aromatic N) is 2. The van der Waals surface area contributed by atoms with Gasteiger partial charge in [0, 0.05) is 25.9 Å². The molecule has 1 aromatic heterocycles. The van der Waals surface area contributed by atoms with E-state index in [1.165, 1.54) is 0 Å². The van der Waals surface area contributed by atoms with Crippen LogP contribution in [0, 0.1) is 0 Å². The molecule has 1 atom stereocenters. The van der Waals surface area contributed by atoms with Gasteiger partial charge in [-0.15, -0.1) is 0 Å². The van der Waals surface area contributed by atoms with Gasteiger partial charge in [-0.1, -0.05) is 25.7 Å². The van der Waals surface area contributed by atoms with Crippen molar-refractivity contribution in [2.24, 2.45) is 7.05 Å². The molecule has 1 aliphatic carbocycles. The number of hydrogen-bond donors (Lipinski definition) is 2. The molecule has 96 valence electrons. The summed E-state index contributed by atoms with van der Waals surface area (Å²) in [5.41, 5.74) is -0.914. The first kappa shape index (κ1) is 12.6. The molecule has 1 aliphatic rings. The van der Waals surface area contributed by atoms with Crippen molar-refractivity contribution in [2.45, 2.75) is 56.7 Å². The van der Waals surface area contributed by atoms with E-state index in [9.17, 15) is 10.2 Å². The zero-order chi connectivity index (χ0) is 12.3. The molecule has 0 saturated heterocycles. The van der Waals surface area contributed by atoms with Gasteiger partial charge < -0.3 is 14.8 Å². The van der Waals surface area contributed by atoms with Gasteiger partial charge in [0.1, 0.15) is 5.82 Å². The molecule has 4 nitrogen and oxygen atoms in total. The summed E-state index contributed by atoms with van der Waals surface area (Å²) in [6.45, 7) is 0. The van der Waals surface area contributed by atoms with Crippen LogP contribution in [0.15, 0.2) is 12.4 Å². The summed E-state index contributed by atoms with van der Waals surface area (Å²) < 4.78 is 1.89. The van der Waals surface area contributed by atoms with Crippen molar-refractivity contribution in [3.8, 4) is 0 Å². The lowest BCUT2D eigenvalue weighted by molar-refractivity contribution is -0.0845. The molecule has 1 aromatic rings. The Morgan fingerprint density at radius 1 is 1.35 bits per heavy atom. The zero-order valence-electron chi connectivity index (χ0n) is 10.5. The maximum atomic E-state index is 10.5. The van der Waals surface area contributed by atoms with E-state index < -0.39 is 11.7 Å². The van der Waals surface area contributed by atoms with Crippen LogP contribution in [0.25, 0.3) is 0 Å². The molecule has 17 heavy (non-hydrogen) atoms. The van der Waals surface area contributed by atoms with Crippen molar-refractivity contribution < 1.29 is 10.2 Å². The Morgan fingerprint density at radius 2 is 2.00 bits per heavy atom. The molecule has 0 spiro atoms. The third kappa shape index (κ3) is 2.87. The zero-order valence-corrected chi connectivity index (χ0v) is 10.5. The Bertz CT molecular complexity index is 354. The van der Waals surface area contributed by atoms with Gasteiger partial charge in [0.2, 0.25) is 0 Å². The van der Waals surface area contributed by atoms with Crippen molar-refractivity contribution in [2.75, 3.05) is 0 Å². The van der Waals surface area contributed by atoms with E-state index in [1.54, 1.807) is 6.20 Å². The van der Waals surface area contributed by atoms with Gasteiger partial charge in [0.25, 0.3) is 0 Å². The van der Waals surface area contributed by atoms with E-state index in [2.05, 4.69) is 4.98 Å². The summed E-state index contributed by atoms with van der Waals surface area (Å²) >= 11 is 0. The van der Waals surface area contributed by atoms with E-state index in [0.717, 1.165) is 31.5 Å². The van der Waals surface area contributed by atoms with Crippen LogP contribution in [0.4, 0.5) is 0 Å². The van der Waals surface area contributed by atoms with Crippen LogP contribution in [-0.4, -0.2) is 31.5 Å². The van der Waals surface area contributed by atoms with Crippen LogP contribution in [0.2, 0.25) is 0 Å². The molecular formula is C13H22N2O2. The molecular weight excluding hydrogens is 216 g/mol. The van der Waals surface area contributed by atoms with Crippen molar-refractivity contribution in [3.05, 3.63) is 18.2 Å². The summed E-state index contributed by atoms with van der Waals surface area (Å²) in [6, 6.07) is 0. The normalized spacial score (nSPS) is 22.1. The van der Waals surface area contributed by atoms with Crippen LogP contribution < -0.4 is 0 Å². The Kier molecular flexibility index (Phi) is 3.84. The van der Waals surface area contributed by atoms with Crippen LogP contribution in [0.3, 0.4) is 0 Å². The average molecular weight is 238 g/mol. The predicted octanol–water partition coefficient (Wildman–Crippen LogP) is 1.41. The monoisotopic (exact) mass is 238 g/mol. The number of hydrogen-bond acceptors (Lipinski definition) is 3. The van der Waals surface area contributed by atoms with Gasteiger partial charge in [-0.25, -0.2) is 4.98 Å². The van der Waals surface area contributed by atoms with Gasteiger partial charge in [0.05, 0.1) is 11.7 Å². The van der Waals surface area contributed by atoms with Crippen molar-refractivity contribution in [1.29, 1.82) is 0 Å². The van der Waals surface area contributed by atoms with E-state index >= 15 is 0 Å². The first-order chi connectivity index (χ1) is 8.12. The lowest BCUT2D eigenvalue weighted by atomic mass is 9.86. The molecule has 2 N–H and O–H groups in total. The maximum Gasteiger partial charge on any atom is 0.111 e. The molecule has 0 amide bonds. The van der Waals surface area contributed by atoms with Gasteiger partial charge in [-0.3, -0.25) is 0 Å². The summed E-state index contributed by atoms with van der Waals surface area (Å²) in [7, 11) is 1.91. The minimum absolute atomic E-state index is 0.431. The first-order valence-corrected chi connectivity index (χ1v) is 6.48. The minimum Gasteiger partial charge on any atom is -0.390 e. The fourth-order valence-corrected chi connectivity index (χ4v) is 2.63. The largest absolute Gasteiger partial charge is 0.390 e. The molecule has 2 rings (SSSR count). The first-order valence-electron chi connectivity index (χ1n) is 6.48. The molecule has 0 radical (unpaired) electrons. The average Bonchev–Trinajstić information content (AvgIpc) is 2.57. The summed E-state index contributed by atoms with van der Waals surface area (Å²) in [5, 5.41) is 20.8. The molecule has 1 saturated carbocycles. The van der Waals surface area contributed by atoms with Crippen LogP contribution in [-0.2, 0) is 13.5 Å². The third-order valence-electron chi connectivity index (χ3n) is 3.89. The highest BCUT2D eigenvalue weighted by Crippen LogP contribution is 2.31. The van der Waals surface area contributed by atoms with Gasteiger partial charge in [0.15, 0.2) is 0 Å². The second-order valence-electron chi connectivity index (χ2n) is 5.19. The summed E-state index contributed by atoms with van der Waals surface area (Å²) in [4.78, 5) is 4.20. The Balaban J connectivity index is 2.02. The fraction of sp³-hybridized carbons (Fsp3) is 0.769. The van der Waals surface area contributed by atoms with Crippen LogP contribution in [0.1, 0.15) is 44.3 Å². The number of imidazole rings is 1. The Morgan fingerprint density at radius 3 is 2.53 bits per heavy atom. The molecule has 1 unspecified atom stereocenters.